The zero-order valence-electron chi connectivity index (χ0n) is 13.9. The molecule has 2 aliphatic heterocycles. The average Bonchev–Trinajstić information content (AvgIpc) is 2.55. The van der Waals surface area contributed by atoms with Crippen molar-refractivity contribution in [3.05, 3.63) is 35.6 Å². The quantitative estimate of drug-likeness (QED) is 0.837. The summed E-state index contributed by atoms with van der Waals surface area (Å²) in [7, 11) is 0. The van der Waals surface area contributed by atoms with E-state index in [9.17, 15) is 14.6 Å². The van der Waals surface area contributed by atoms with Crippen LogP contribution in [0.25, 0.3) is 0 Å². The molecule has 3 rings (SSSR count). The topological polar surface area (TPSA) is 62.2 Å². The number of aliphatic hydroxyl groups is 2. The Morgan fingerprint density at radius 3 is 2.71 bits per heavy atom. The summed E-state index contributed by atoms with van der Waals surface area (Å²) < 4.78 is 24.6. The Labute approximate surface area is 142 Å². The maximum absolute atomic E-state index is 13.4. The number of halogens is 1. The van der Waals surface area contributed by atoms with Crippen LogP contribution in [-0.2, 0) is 15.9 Å². The number of ether oxygens (including phenoxy) is 2. The molecule has 0 aromatic heterocycles. The molecular weight excluding hydrogens is 313 g/mol. The third kappa shape index (κ3) is 4.32. The molecule has 0 amide bonds. The van der Waals surface area contributed by atoms with Gasteiger partial charge in [-0.15, -0.1) is 0 Å². The van der Waals surface area contributed by atoms with E-state index in [1.54, 1.807) is 6.07 Å². The fourth-order valence-electron chi connectivity index (χ4n) is 3.66. The monoisotopic (exact) mass is 339 g/mol. The fourth-order valence-corrected chi connectivity index (χ4v) is 3.66. The Morgan fingerprint density at radius 1 is 1.21 bits per heavy atom. The van der Waals surface area contributed by atoms with Crippen molar-refractivity contribution < 1.29 is 24.1 Å². The highest BCUT2D eigenvalue weighted by Gasteiger charge is 2.40. The Hall–Kier alpha value is -1.05. The van der Waals surface area contributed by atoms with E-state index in [2.05, 4.69) is 4.90 Å². The van der Waals surface area contributed by atoms with E-state index >= 15 is 0 Å². The van der Waals surface area contributed by atoms with E-state index in [0.717, 1.165) is 5.56 Å². The second kappa shape index (κ2) is 7.45. The van der Waals surface area contributed by atoms with Gasteiger partial charge in [-0.2, -0.15) is 0 Å². The lowest BCUT2D eigenvalue weighted by Gasteiger charge is -2.45. The smallest absolute Gasteiger partial charge is 0.123 e. The maximum Gasteiger partial charge on any atom is 0.123 e. The van der Waals surface area contributed by atoms with Crippen molar-refractivity contribution >= 4 is 0 Å². The molecular formula is C18H26FNO4. The number of hydrogen-bond acceptors (Lipinski definition) is 5. The normalized spacial score (nSPS) is 28.0. The van der Waals surface area contributed by atoms with Gasteiger partial charge >= 0.3 is 0 Å². The van der Waals surface area contributed by atoms with Crippen LogP contribution >= 0.6 is 0 Å². The van der Waals surface area contributed by atoms with Gasteiger partial charge in [0.05, 0.1) is 18.8 Å². The zero-order chi connectivity index (χ0) is 17.0. The number of β-amino-alcohol motifs (C(OH)–C–C–N with tert-alkyl or cyclic N) is 1. The summed E-state index contributed by atoms with van der Waals surface area (Å²) in [5.41, 5.74) is -0.695. The van der Waals surface area contributed by atoms with Crippen LogP contribution in [0.3, 0.4) is 0 Å². The fraction of sp³-hybridized carbons (Fsp3) is 0.667. The number of hydrogen-bond donors (Lipinski definition) is 2. The SMILES string of the molecule is OCC1(Cc2cccc(F)c2)CN(CC2(O)CCOCC2)CCO1. The van der Waals surface area contributed by atoms with Crippen LogP contribution in [0.1, 0.15) is 18.4 Å². The highest BCUT2D eigenvalue weighted by Crippen LogP contribution is 2.27. The van der Waals surface area contributed by atoms with Crippen LogP contribution in [0.5, 0.6) is 0 Å². The molecule has 0 radical (unpaired) electrons. The molecule has 24 heavy (non-hydrogen) atoms. The second-order valence-corrected chi connectivity index (χ2v) is 7.04. The van der Waals surface area contributed by atoms with Gasteiger partial charge in [-0.05, 0) is 17.7 Å². The second-order valence-electron chi connectivity index (χ2n) is 7.04. The van der Waals surface area contributed by atoms with Crippen molar-refractivity contribution in [1.29, 1.82) is 0 Å². The molecule has 1 aromatic carbocycles. The summed E-state index contributed by atoms with van der Waals surface area (Å²) in [6, 6.07) is 6.39. The first-order valence-corrected chi connectivity index (χ1v) is 8.54. The van der Waals surface area contributed by atoms with E-state index in [1.807, 2.05) is 6.07 Å². The first kappa shape index (κ1) is 17.8. The zero-order valence-corrected chi connectivity index (χ0v) is 13.9. The molecule has 2 N–H and O–H groups in total. The lowest BCUT2D eigenvalue weighted by Crippen LogP contribution is -2.59. The number of morpholine rings is 1. The van der Waals surface area contributed by atoms with Crippen LogP contribution in [0, 0.1) is 5.82 Å². The Morgan fingerprint density at radius 2 is 2.00 bits per heavy atom. The third-order valence-corrected chi connectivity index (χ3v) is 4.97. The molecule has 0 spiro atoms. The van der Waals surface area contributed by atoms with Crippen LogP contribution < -0.4 is 0 Å². The van der Waals surface area contributed by atoms with Gasteiger partial charge in [-0.3, -0.25) is 4.90 Å². The first-order valence-electron chi connectivity index (χ1n) is 8.54. The van der Waals surface area contributed by atoms with E-state index in [0.29, 0.717) is 58.7 Å². The molecule has 1 unspecified atom stereocenters. The van der Waals surface area contributed by atoms with Gasteiger partial charge in [-0.1, -0.05) is 12.1 Å². The molecule has 0 bridgehead atoms. The van der Waals surface area contributed by atoms with Crippen molar-refractivity contribution in [2.24, 2.45) is 0 Å². The molecule has 2 fully saturated rings. The molecule has 2 saturated heterocycles. The standard InChI is InChI=1S/C18H26FNO4/c19-16-3-1-2-15(10-16)11-18(14-21)13-20(6-9-24-18)12-17(22)4-7-23-8-5-17/h1-3,10,21-22H,4-9,11-14H2. The van der Waals surface area contributed by atoms with Crippen molar-refractivity contribution in [1.82, 2.24) is 4.90 Å². The molecule has 0 aliphatic carbocycles. The number of nitrogens with zero attached hydrogens (tertiary/aromatic N) is 1. The van der Waals surface area contributed by atoms with Gasteiger partial charge in [0.15, 0.2) is 0 Å². The summed E-state index contributed by atoms with van der Waals surface area (Å²) in [5.74, 6) is -0.287. The van der Waals surface area contributed by atoms with Crippen LogP contribution in [0.2, 0.25) is 0 Å². The highest BCUT2D eigenvalue weighted by molar-refractivity contribution is 5.19. The third-order valence-electron chi connectivity index (χ3n) is 4.97. The predicted octanol–water partition coefficient (Wildman–Crippen LogP) is 0.973. The highest BCUT2D eigenvalue weighted by atomic mass is 19.1. The van der Waals surface area contributed by atoms with Crippen molar-refractivity contribution in [2.45, 2.75) is 30.5 Å². The largest absolute Gasteiger partial charge is 0.393 e. The van der Waals surface area contributed by atoms with Crippen molar-refractivity contribution in [3.8, 4) is 0 Å². The summed E-state index contributed by atoms with van der Waals surface area (Å²) in [6.07, 6.45) is 1.69. The van der Waals surface area contributed by atoms with Crippen molar-refractivity contribution in [2.75, 3.05) is 46.1 Å². The van der Waals surface area contributed by atoms with Gasteiger partial charge in [0.25, 0.3) is 0 Å². The number of aliphatic hydroxyl groups excluding tert-OH is 1. The van der Waals surface area contributed by atoms with Gasteiger partial charge in [0.2, 0.25) is 0 Å². The minimum Gasteiger partial charge on any atom is -0.393 e. The summed E-state index contributed by atoms with van der Waals surface area (Å²) in [5, 5.41) is 20.7. The Balaban J connectivity index is 1.67. The van der Waals surface area contributed by atoms with Gasteiger partial charge < -0.3 is 19.7 Å². The average molecular weight is 339 g/mol. The summed E-state index contributed by atoms with van der Waals surface area (Å²) >= 11 is 0. The molecule has 2 aliphatic rings. The van der Waals surface area contributed by atoms with Gasteiger partial charge in [-0.25, -0.2) is 4.39 Å². The summed E-state index contributed by atoms with van der Waals surface area (Å²) in [4.78, 5) is 2.14. The van der Waals surface area contributed by atoms with E-state index in [-0.39, 0.29) is 12.4 Å². The molecule has 1 aromatic rings. The Kier molecular flexibility index (Phi) is 5.52. The van der Waals surface area contributed by atoms with Crippen molar-refractivity contribution in [3.63, 3.8) is 0 Å². The molecule has 2 heterocycles. The lowest BCUT2D eigenvalue weighted by molar-refractivity contribution is -0.152. The molecule has 6 heteroatoms. The van der Waals surface area contributed by atoms with E-state index < -0.39 is 11.2 Å². The lowest BCUT2D eigenvalue weighted by atomic mass is 9.90. The van der Waals surface area contributed by atoms with Crippen LogP contribution in [-0.4, -0.2) is 72.4 Å². The summed E-state index contributed by atoms with van der Waals surface area (Å²) in [6.45, 7) is 3.29. The number of rotatable bonds is 5. The minimum atomic E-state index is -0.756. The van der Waals surface area contributed by atoms with Crippen LogP contribution in [0.15, 0.2) is 24.3 Å². The molecule has 134 valence electrons. The predicted molar refractivity (Wildman–Crippen MR) is 87.3 cm³/mol. The molecule has 0 saturated carbocycles. The first-order chi connectivity index (χ1) is 11.5. The van der Waals surface area contributed by atoms with Crippen LogP contribution in [0.4, 0.5) is 4.39 Å². The minimum absolute atomic E-state index is 0.137. The molecule has 5 nitrogen and oxygen atoms in total. The van der Waals surface area contributed by atoms with E-state index in [4.69, 9.17) is 9.47 Å². The Bertz CT molecular complexity index is 550. The van der Waals surface area contributed by atoms with E-state index in [1.165, 1.54) is 12.1 Å². The number of benzene rings is 1. The van der Waals surface area contributed by atoms with Gasteiger partial charge in [0, 0.05) is 52.1 Å². The van der Waals surface area contributed by atoms with Gasteiger partial charge in [0.1, 0.15) is 11.4 Å². The maximum atomic E-state index is 13.4. The molecule has 1 atom stereocenters.